The molecule has 3 aliphatic carbocycles. The van der Waals surface area contributed by atoms with E-state index in [-0.39, 0.29) is 5.41 Å². The zero-order chi connectivity index (χ0) is 15.1. The molecule has 0 aliphatic heterocycles. The third-order valence-electron chi connectivity index (χ3n) is 6.80. The molecule has 0 saturated heterocycles. The quantitative estimate of drug-likeness (QED) is 0.842. The van der Waals surface area contributed by atoms with E-state index < -0.39 is 0 Å². The number of nitrogens with one attached hydrogen (secondary N) is 1. The zero-order valence-corrected chi connectivity index (χ0v) is 14.3. The number of ether oxygens (including phenoxy) is 2. The van der Waals surface area contributed by atoms with Crippen molar-refractivity contribution in [2.24, 2.45) is 10.8 Å². The van der Waals surface area contributed by atoms with Crippen LogP contribution < -0.4 is 5.32 Å². The van der Waals surface area contributed by atoms with Crippen LogP contribution >= 0.6 is 0 Å². The molecular weight excluding hydrogens is 262 g/mol. The SMILES string of the molecule is CCOC1CC(NC2CC(OC)C2(C)C)C12CCCCC2. The van der Waals surface area contributed by atoms with Gasteiger partial charge in [-0.2, -0.15) is 0 Å². The molecule has 0 radical (unpaired) electrons. The van der Waals surface area contributed by atoms with Crippen LogP contribution in [0.25, 0.3) is 0 Å². The standard InChI is InChI=1S/C18H33NO2/c1-5-21-16-12-14(18(16)9-7-6-8-10-18)19-13-11-15(20-4)17(13,2)3/h13-16,19H,5-12H2,1-4H3. The van der Waals surface area contributed by atoms with E-state index in [4.69, 9.17) is 9.47 Å². The molecule has 3 heteroatoms. The lowest BCUT2D eigenvalue weighted by Crippen LogP contribution is -2.71. The van der Waals surface area contributed by atoms with Crippen LogP contribution in [0, 0.1) is 10.8 Å². The van der Waals surface area contributed by atoms with Gasteiger partial charge in [-0.3, -0.25) is 0 Å². The van der Waals surface area contributed by atoms with Crippen molar-refractivity contribution >= 4 is 0 Å². The second kappa shape index (κ2) is 5.82. The van der Waals surface area contributed by atoms with Gasteiger partial charge in [0, 0.05) is 36.6 Å². The summed E-state index contributed by atoms with van der Waals surface area (Å²) < 4.78 is 11.7. The van der Waals surface area contributed by atoms with Crippen LogP contribution in [0.5, 0.6) is 0 Å². The van der Waals surface area contributed by atoms with E-state index >= 15 is 0 Å². The Morgan fingerprint density at radius 3 is 2.24 bits per heavy atom. The van der Waals surface area contributed by atoms with E-state index in [1.807, 2.05) is 7.11 Å². The molecule has 3 aliphatic rings. The van der Waals surface area contributed by atoms with Crippen LogP contribution in [0.2, 0.25) is 0 Å². The van der Waals surface area contributed by atoms with Gasteiger partial charge in [-0.25, -0.2) is 0 Å². The van der Waals surface area contributed by atoms with Crippen LogP contribution in [0.1, 0.15) is 65.7 Å². The summed E-state index contributed by atoms with van der Waals surface area (Å²) in [4.78, 5) is 0. The predicted molar refractivity (Wildman–Crippen MR) is 85.5 cm³/mol. The van der Waals surface area contributed by atoms with Gasteiger partial charge in [-0.15, -0.1) is 0 Å². The molecule has 0 heterocycles. The molecule has 4 unspecified atom stereocenters. The Bertz CT molecular complexity index is 362. The molecule has 0 amide bonds. The molecule has 122 valence electrons. The number of hydrogen-bond acceptors (Lipinski definition) is 3. The summed E-state index contributed by atoms with van der Waals surface area (Å²) in [5, 5.41) is 4.00. The maximum Gasteiger partial charge on any atom is 0.0661 e. The lowest BCUT2D eigenvalue weighted by Gasteiger charge is -2.62. The first-order chi connectivity index (χ1) is 10.0. The number of methoxy groups -OCH3 is 1. The second-order valence-electron chi connectivity index (χ2n) is 8.03. The highest BCUT2D eigenvalue weighted by molar-refractivity contribution is 5.13. The Labute approximate surface area is 130 Å². The molecule has 3 fully saturated rings. The fraction of sp³-hybridized carbons (Fsp3) is 1.00. The van der Waals surface area contributed by atoms with Crippen LogP contribution in [-0.4, -0.2) is 38.0 Å². The first kappa shape index (κ1) is 15.8. The van der Waals surface area contributed by atoms with Crippen molar-refractivity contribution in [2.75, 3.05) is 13.7 Å². The molecule has 21 heavy (non-hydrogen) atoms. The van der Waals surface area contributed by atoms with Crippen LogP contribution in [0.4, 0.5) is 0 Å². The molecule has 3 saturated carbocycles. The Balaban J connectivity index is 1.63. The zero-order valence-electron chi connectivity index (χ0n) is 14.3. The Kier molecular flexibility index (Phi) is 4.37. The highest BCUT2D eigenvalue weighted by Crippen LogP contribution is 2.54. The van der Waals surface area contributed by atoms with Gasteiger partial charge >= 0.3 is 0 Å². The molecule has 0 aromatic rings. The number of rotatable bonds is 5. The summed E-state index contributed by atoms with van der Waals surface area (Å²) in [7, 11) is 1.85. The van der Waals surface area contributed by atoms with E-state index in [9.17, 15) is 0 Å². The van der Waals surface area contributed by atoms with Gasteiger partial charge in [0.2, 0.25) is 0 Å². The van der Waals surface area contributed by atoms with Gasteiger partial charge in [-0.05, 0) is 32.6 Å². The molecule has 0 bridgehead atoms. The summed E-state index contributed by atoms with van der Waals surface area (Å²) in [6.07, 6.45) is 10.2. The molecule has 4 atom stereocenters. The van der Waals surface area contributed by atoms with Gasteiger partial charge < -0.3 is 14.8 Å². The Morgan fingerprint density at radius 2 is 1.67 bits per heavy atom. The number of hydrogen-bond donors (Lipinski definition) is 1. The van der Waals surface area contributed by atoms with E-state index in [0.717, 1.165) is 13.0 Å². The molecule has 3 rings (SSSR count). The van der Waals surface area contributed by atoms with Gasteiger partial charge in [-0.1, -0.05) is 33.1 Å². The average Bonchev–Trinajstić information content (AvgIpc) is 2.49. The summed E-state index contributed by atoms with van der Waals surface area (Å²) >= 11 is 0. The highest BCUT2D eigenvalue weighted by Gasteiger charge is 2.58. The second-order valence-corrected chi connectivity index (χ2v) is 8.03. The topological polar surface area (TPSA) is 30.5 Å². The molecule has 0 aromatic carbocycles. The molecular formula is C18H33NO2. The average molecular weight is 295 g/mol. The third kappa shape index (κ3) is 2.46. The van der Waals surface area contributed by atoms with Crippen molar-refractivity contribution in [3.63, 3.8) is 0 Å². The minimum atomic E-state index is 0.265. The minimum Gasteiger partial charge on any atom is -0.381 e. The van der Waals surface area contributed by atoms with Crippen molar-refractivity contribution in [1.82, 2.24) is 5.32 Å². The van der Waals surface area contributed by atoms with Crippen molar-refractivity contribution in [2.45, 2.75) is 90.0 Å². The summed E-state index contributed by atoms with van der Waals surface area (Å²) in [5.74, 6) is 0. The van der Waals surface area contributed by atoms with Crippen LogP contribution in [0.15, 0.2) is 0 Å². The van der Waals surface area contributed by atoms with Crippen molar-refractivity contribution in [1.29, 1.82) is 0 Å². The molecule has 1 spiro atoms. The largest absolute Gasteiger partial charge is 0.381 e. The van der Waals surface area contributed by atoms with E-state index in [0.29, 0.717) is 29.7 Å². The Hall–Kier alpha value is -0.120. The minimum absolute atomic E-state index is 0.265. The maximum absolute atomic E-state index is 6.06. The summed E-state index contributed by atoms with van der Waals surface area (Å²) in [6.45, 7) is 7.68. The third-order valence-corrected chi connectivity index (χ3v) is 6.80. The molecule has 1 N–H and O–H groups in total. The summed E-state index contributed by atoms with van der Waals surface area (Å²) in [5.41, 5.74) is 0.698. The highest BCUT2D eigenvalue weighted by atomic mass is 16.5. The van der Waals surface area contributed by atoms with Gasteiger partial charge in [0.15, 0.2) is 0 Å². The summed E-state index contributed by atoms with van der Waals surface area (Å²) in [6, 6.07) is 1.27. The van der Waals surface area contributed by atoms with Crippen LogP contribution in [-0.2, 0) is 9.47 Å². The maximum atomic E-state index is 6.06. The van der Waals surface area contributed by atoms with Gasteiger partial charge in [0.1, 0.15) is 0 Å². The van der Waals surface area contributed by atoms with E-state index in [1.165, 1.54) is 38.5 Å². The van der Waals surface area contributed by atoms with Crippen molar-refractivity contribution in [3.8, 4) is 0 Å². The van der Waals surface area contributed by atoms with Crippen molar-refractivity contribution < 1.29 is 9.47 Å². The molecule has 0 aromatic heterocycles. The normalized spacial score (nSPS) is 40.6. The Morgan fingerprint density at radius 1 is 1.00 bits per heavy atom. The molecule has 3 nitrogen and oxygen atoms in total. The monoisotopic (exact) mass is 295 g/mol. The first-order valence-corrected chi connectivity index (χ1v) is 8.95. The lowest BCUT2D eigenvalue weighted by atomic mass is 9.54. The van der Waals surface area contributed by atoms with Crippen LogP contribution in [0.3, 0.4) is 0 Å². The fourth-order valence-corrected chi connectivity index (χ4v) is 5.11. The first-order valence-electron chi connectivity index (χ1n) is 8.95. The smallest absolute Gasteiger partial charge is 0.0661 e. The van der Waals surface area contributed by atoms with Gasteiger partial charge in [0.25, 0.3) is 0 Å². The van der Waals surface area contributed by atoms with E-state index in [1.54, 1.807) is 0 Å². The predicted octanol–water partition coefficient (Wildman–Crippen LogP) is 3.52. The van der Waals surface area contributed by atoms with Crippen molar-refractivity contribution in [3.05, 3.63) is 0 Å². The van der Waals surface area contributed by atoms with Gasteiger partial charge in [0.05, 0.1) is 12.2 Å². The lowest BCUT2D eigenvalue weighted by molar-refractivity contribution is -0.170. The fourth-order valence-electron chi connectivity index (χ4n) is 5.11. The van der Waals surface area contributed by atoms with E-state index in [2.05, 4.69) is 26.1 Å².